The number of hydrogen-bond donors (Lipinski definition) is 0. The molecule has 0 aliphatic rings. The van der Waals surface area contributed by atoms with Gasteiger partial charge in [-0.25, -0.2) is 0 Å². The van der Waals surface area contributed by atoms with E-state index >= 15 is 0 Å². The number of benzene rings is 4. The molecule has 4 aromatic carbocycles. The summed E-state index contributed by atoms with van der Waals surface area (Å²) in [5.74, 6) is -49.7. The van der Waals surface area contributed by atoms with Crippen LogP contribution in [-0.2, 0) is 0 Å². The molecule has 0 heterocycles. The zero-order valence-corrected chi connectivity index (χ0v) is 29.0. The summed E-state index contributed by atoms with van der Waals surface area (Å²) in [6, 6.07) is 0. The quantitative estimate of drug-likeness (QED) is 0.104. The Labute approximate surface area is 277 Å². The molecule has 0 fully saturated rings. The van der Waals surface area contributed by atoms with Gasteiger partial charge in [0.25, 0.3) is 0 Å². The van der Waals surface area contributed by atoms with Gasteiger partial charge in [0.1, 0.15) is 0 Å². The van der Waals surface area contributed by atoms with Crippen LogP contribution in [0.3, 0.4) is 0 Å². The van der Waals surface area contributed by atoms with E-state index in [2.05, 4.69) is 0 Å². The Kier molecular flexibility index (Phi) is 13.9. The molecule has 0 unspecified atom stereocenters. The monoisotopic (exact) mass is 996 g/mol. The molecular weight excluding hydrogens is 993 g/mol. The Hall–Kier alpha value is -2.38. The van der Waals surface area contributed by atoms with Crippen molar-refractivity contribution in [2.45, 2.75) is 0 Å². The van der Waals surface area contributed by atoms with Crippen molar-refractivity contribution in [3.63, 3.8) is 0 Å². The third-order valence-corrected chi connectivity index (χ3v) is 20.8. The SMILES string of the molecule is Fc1c(F)c(F)[c]([Sn]([Cl])[c]2c(F)c(F)c(F)c(F)c2F)c(F)c1F.Fc1c(F)c(F)[c]([Sn]([Cl])[c]2c(F)c(F)c(F)c(F)c2F)c(F)c1F.O. The molecule has 0 saturated heterocycles. The molecule has 1 nitrogen and oxygen atoms in total. The molecule has 0 saturated carbocycles. The molecule has 0 spiro atoms. The summed E-state index contributed by atoms with van der Waals surface area (Å²) < 4.78 is 259. The zero-order valence-electron chi connectivity index (χ0n) is 21.8. The van der Waals surface area contributed by atoms with Crippen LogP contribution < -0.4 is 14.3 Å². The van der Waals surface area contributed by atoms with Gasteiger partial charge in [-0.15, -0.1) is 0 Å². The largest absolute Gasteiger partial charge is 0.412 e. The summed E-state index contributed by atoms with van der Waals surface area (Å²) in [6.07, 6.45) is 0. The zero-order chi connectivity index (χ0) is 37.0. The van der Waals surface area contributed by atoms with Crippen molar-refractivity contribution in [1.29, 1.82) is 0 Å². The topological polar surface area (TPSA) is 31.5 Å². The second-order valence-corrected chi connectivity index (χ2v) is 22.8. The third-order valence-electron chi connectivity index (χ3n) is 5.72. The molecule has 0 aromatic heterocycles. The van der Waals surface area contributed by atoms with Gasteiger partial charge in [0.2, 0.25) is 0 Å². The molecule has 0 amide bonds. The Balaban J connectivity index is 0.000000333. The van der Waals surface area contributed by atoms with Crippen LogP contribution in [0.5, 0.6) is 0 Å². The first-order valence-corrected chi connectivity index (χ1v) is 24.1. The van der Waals surface area contributed by atoms with Crippen molar-refractivity contribution in [2.24, 2.45) is 0 Å². The Morgan fingerprint density at radius 3 is 0.388 bits per heavy atom. The maximum atomic E-state index is 13.6. The van der Waals surface area contributed by atoms with Gasteiger partial charge in [0.15, 0.2) is 0 Å². The molecular formula is C24H2Cl2F20OSn2. The molecule has 4 aromatic rings. The van der Waals surface area contributed by atoms with Gasteiger partial charge in [-0.3, -0.25) is 0 Å². The van der Waals surface area contributed by atoms with Crippen LogP contribution in [0.4, 0.5) is 87.8 Å². The first kappa shape index (κ1) is 42.8. The second-order valence-electron chi connectivity index (χ2n) is 8.41. The molecule has 0 atom stereocenters. The molecule has 0 aliphatic carbocycles. The van der Waals surface area contributed by atoms with Crippen molar-refractivity contribution in [3.8, 4) is 0 Å². The van der Waals surface area contributed by atoms with E-state index in [0.29, 0.717) is 0 Å². The van der Waals surface area contributed by atoms with Crippen LogP contribution in [0, 0.1) is 116 Å². The average molecular weight is 995 g/mol. The first-order chi connectivity index (χ1) is 22.0. The Morgan fingerprint density at radius 2 is 0.286 bits per heavy atom. The number of rotatable bonds is 4. The van der Waals surface area contributed by atoms with Crippen molar-refractivity contribution >= 4 is 69.4 Å². The van der Waals surface area contributed by atoms with Crippen molar-refractivity contribution in [3.05, 3.63) is 116 Å². The first-order valence-electron chi connectivity index (χ1n) is 11.2. The van der Waals surface area contributed by atoms with Gasteiger partial charge in [-0.05, 0) is 0 Å². The van der Waals surface area contributed by atoms with Crippen LogP contribution in [0.1, 0.15) is 0 Å². The van der Waals surface area contributed by atoms with Gasteiger partial charge in [-0.1, -0.05) is 0 Å². The summed E-state index contributed by atoms with van der Waals surface area (Å²) in [6.45, 7) is 0. The van der Waals surface area contributed by atoms with Gasteiger partial charge >= 0.3 is 274 Å². The number of hydrogen-bond acceptors (Lipinski definition) is 0. The molecule has 49 heavy (non-hydrogen) atoms. The summed E-state index contributed by atoms with van der Waals surface area (Å²) in [5, 5.41) is 0. The van der Waals surface area contributed by atoms with E-state index in [1.165, 1.54) is 0 Å². The molecule has 2 N–H and O–H groups in total. The van der Waals surface area contributed by atoms with Gasteiger partial charge in [0.05, 0.1) is 0 Å². The fourth-order valence-corrected chi connectivity index (χ4v) is 16.2. The molecule has 25 heteroatoms. The Morgan fingerprint density at radius 1 is 0.204 bits per heavy atom. The average Bonchev–Trinajstić information content (AvgIpc) is 3.05. The smallest absolute Gasteiger partial charge is 0.412 e. The Bertz CT molecular complexity index is 1600. The standard InChI is InChI=1S/4C6F5.2ClH.H2O.2Sn/c4*7-2-1-3(8)5(10)6(11)4(2)9;;;;;/h;;;;2*1H;1H2;;/q;;;;;;;2*+1/p-2. The molecule has 0 bridgehead atoms. The van der Waals surface area contributed by atoms with E-state index < -0.39 is 168 Å². The van der Waals surface area contributed by atoms with Crippen LogP contribution in [-0.4, -0.2) is 42.7 Å². The minimum absolute atomic E-state index is 0. The van der Waals surface area contributed by atoms with Gasteiger partial charge in [-0.2, -0.15) is 0 Å². The predicted octanol–water partition coefficient (Wildman–Crippen LogP) is 6.02. The summed E-state index contributed by atoms with van der Waals surface area (Å²) >= 11 is -10.5. The van der Waals surface area contributed by atoms with Gasteiger partial charge in [0, 0.05) is 0 Å². The fourth-order valence-electron chi connectivity index (χ4n) is 3.44. The van der Waals surface area contributed by atoms with Crippen LogP contribution in [0.15, 0.2) is 0 Å². The minimum Gasteiger partial charge on any atom is -0.412 e. The molecule has 0 aliphatic heterocycles. The molecule has 4 rings (SSSR count). The predicted molar refractivity (Wildman–Crippen MR) is 130 cm³/mol. The summed E-state index contributed by atoms with van der Waals surface area (Å²) in [5.41, 5.74) is 0. The van der Waals surface area contributed by atoms with Crippen LogP contribution in [0.2, 0.25) is 0 Å². The maximum Gasteiger partial charge on any atom is -0.412 e. The maximum absolute atomic E-state index is 13.6. The van der Waals surface area contributed by atoms with E-state index in [1.807, 2.05) is 0 Å². The van der Waals surface area contributed by atoms with Crippen molar-refractivity contribution < 1.29 is 93.3 Å². The third kappa shape index (κ3) is 7.22. The second kappa shape index (κ2) is 15.9. The normalized spacial score (nSPS) is 11.3. The summed E-state index contributed by atoms with van der Waals surface area (Å²) in [7, 11) is 10.9. The summed E-state index contributed by atoms with van der Waals surface area (Å²) in [4.78, 5) is 0. The van der Waals surface area contributed by atoms with E-state index in [9.17, 15) is 87.8 Å². The van der Waals surface area contributed by atoms with Crippen LogP contribution in [0.25, 0.3) is 0 Å². The van der Waals surface area contributed by atoms with Crippen molar-refractivity contribution in [1.82, 2.24) is 0 Å². The molecule has 2 radical (unpaired) electrons. The van der Waals surface area contributed by atoms with E-state index in [1.54, 1.807) is 0 Å². The minimum atomic E-state index is -5.24. The van der Waals surface area contributed by atoms with Crippen molar-refractivity contribution in [2.75, 3.05) is 0 Å². The number of halogens is 22. The van der Waals surface area contributed by atoms with E-state index in [0.717, 1.165) is 0 Å². The fraction of sp³-hybridized carbons (Fsp3) is 0. The van der Waals surface area contributed by atoms with E-state index in [4.69, 9.17) is 17.8 Å². The van der Waals surface area contributed by atoms with E-state index in [-0.39, 0.29) is 5.48 Å². The van der Waals surface area contributed by atoms with Gasteiger partial charge < -0.3 is 5.48 Å². The van der Waals surface area contributed by atoms with Crippen LogP contribution >= 0.6 is 17.8 Å². The molecule has 266 valence electrons.